The number of aromatic nitrogens is 3. The molecule has 0 saturated carbocycles. The summed E-state index contributed by atoms with van der Waals surface area (Å²) >= 11 is 0. The van der Waals surface area contributed by atoms with Crippen molar-refractivity contribution in [2.45, 2.75) is 26.7 Å². The number of nitriles is 1. The van der Waals surface area contributed by atoms with Gasteiger partial charge in [0.1, 0.15) is 17.6 Å². The minimum atomic E-state index is -0.0418. The Morgan fingerprint density at radius 1 is 1.21 bits per heavy atom. The zero-order chi connectivity index (χ0) is 26.6. The third-order valence-electron chi connectivity index (χ3n) is 6.89. The van der Waals surface area contributed by atoms with Crippen molar-refractivity contribution in [2.24, 2.45) is 5.92 Å². The van der Waals surface area contributed by atoms with Gasteiger partial charge in [0, 0.05) is 42.0 Å². The first kappa shape index (κ1) is 25.0. The molecule has 0 unspecified atom stereocenters. The zero-order valence-corrected chi connectivity index (χ0v) is 21.6. The number of carbonyl (C=O) groups is 1. The average Bonchev–Trinajstić information content (AvgIpc) is 3.36. The maximum atomic E-state index is 12.9. The molecule has 3 aromatic heterocycles. The van der Waals surface area contributed by atoms with Crippen molar-refractivity contribution in [3.05, 3.63) is 78.8 Å². The van der Waals surface area contributed by atoms with Gasteiger partial charge in [-0.05, 0) is 62.6 Å². The number of carbonyl (C=O) groups excluding carboxylic acids is 1. The number of nitrogens with one attached hydrogen (secondary N) is 1. The highest BCUT2D eigenvalue weighted by atomic mass is 16.5. The van der Waals surface area contributed by atoms with Crippen LogP contribution in [0.3, 0.4) is 0 Å². The van der Waals surface area contributed by atoms with Crippen LogP contribution in [0.4, 0.5) is 11.5 Å². The number of fused-ring (bicyclic) bond motifs is 1. The van der Waals surface area contributed by atoms with E-state index in [1.165, 1.54) is 0 Å². The lowest BCUT2D eigenvalue weighted by atomic mass is 9.95. The largest absolute Gasteiger partial charge is 0.492 e. The molecule has 4 aromatic rings. The van der Waals surface area contributed by atoms with E-state index >= 15 is 0 Å². The molecule has 1 fully saturated rings. The van der Waals surface area contributed by atoms with E-state index in [2.05, 4.69) is 28.0 Å². The third kappa shape index (κ3) is 5.09. The fourth-order valence-electron chi connectivity index (χ4n) is 4.85. The van der Waals surface area contributed by atoms with Gasteiger partial charge in [-0.15, -0.1) is 0 Å². The highest BCUT2D eigenvalue weighted by Crippen LogP contribution is 2.32. The zero-order valence-electron chi connectivity index (χ0n) is 21.6. The summed E-state index contributed by atoms with van der Waals surface area (Å²) in [6, 6.07) is 15.9. The predicted octanol–water partition coefficient (Wildman–Crippen LogP) is 5.55. The number of pyridine rings is 2. The van der Waals surface area contributed by atoms with Crippen molar-refractivity contribution < 1.29 is 9.53 Å². The minimum absolute atomic E-state index is 0.0418. The summed E-state index contributed by atoms with van der Waals surface area (Å²) in [5.41, 5.74) is 5.74. The Balaban J connectivity index is 1.27. The van der Waals surface area contributed by atoms with E-state index in [4.69, 9.17) is 9.72 Å². The number of piperidine rings is 1. The molecule has 5 rings (SSSR count). The van der Waals surface area contributed by atoms with Crippen LogP contribution in [0.25, 0.3) is 22.2 Å². The van der Waals surface area contributed by atoms with Gasteiger partial charge in [-0.2, -0.15) is 10.4 Å². The van der Waals surface area contributed by atoms with Gasteiger partial charge in [-0.1, -0.05) is 24.3 Å². The summed E-state index contributed by atoms with van der Waals surface area (Å²) in [7, 11) is 0. The van der Waals surface area contributed by atoms with Gasteiger partial charge in [0.15, 0.2) is 0 Å². The molecule has 0 aliphatic carbocycles. The molecule has 1 aliphatic heterocycles. The number of rotatable bonds is 7. The first-order chi connectivity index (χ1) is 18.5. The monoisotopic (exact) mass is 506 g/mol. The number of ether oxygens (including phenoxy) is 1. The summed E-state index contributed by atoms with van der Waals surface area (Å²) in [5.74, 6) is 1.56. The summed E-state index contributed by atoms with van der Waals surface area (Å²) in [4.78, 5) is 19.8. The first-order valence-corrected chi connectivity index (χ1v) is 12.8. The summed E-state index contributed by atoms with van der Waals surface area (Å²) in [6.45, 7) is 9.90. The molecule has 1 amide bonds. The molecule has 192 valence electrons. The van der Waals surface area contributed by atoms with Crippen LogP contribution < -0.4 is 15.0 Å². The predicted molar refractivity (Wildman–Crippen MR) is 149 cm³/mol. The van der Waals surface area contributed by atoms with Gasteiger partial charge >= 0.3 is 0 Å². The normalized spacial score (nSPS) is 13.8. The number of amides is 1. The topological polar surface area (TPSA) is 95.5 Å². The Morgan fingerprint density at radius 2 is 2.03 bits per heavy atom. The second kappa shape index (κ2) is 10.8. The quantitative estimate of drug-likeness (QED) is 0.353. The highest BCUT2D eigenvalue weighted by Gasteiger charge is 2.26. The molecule has 8 nitrogen and oxygen atoms in total. The summed E-state index contributed by atoms with van der Waals surface area (Å²) < 4.78 is 7.39. The number of benzene rings is 1. The van der Waals surface area contributed by atoms with Crippen molar-refractivity contribution in [1.82, 2.24) is 14.6 Å². The number of hydrogen-bond acceptors (Lipinski definition) is 6. The molecule has 1 N–H and O–H groups in total. The van der Waals surface area contributed by atoms with E-state index in [1.54, 1.807) is 16.9 Å². The molecule has 1 aromatic carbocycles. The Kier molecular flexibility index (Phi) is 7.09. The van der Waals surface area contributed by atoms with Crippen molar-refractivity contribution in [2.75, 3.05) is 29.9 Å². The molecule has 0 radical (unpaired) electrons. The van der Waals surface area contributed by atoms with Gasteiger partial charge in [0.05, 0.1) is 30.1 Å². The molecule has 0 bridgehead atoms. The fourth-order valence-corrected chi connectivity index (χ4v) is 4.85. The van der Waals surface area contributed by atoms with Crippen LogP contribution in [-0.4, -0.2) is 40.2 Å². The standard InChI is InChI=1S/C30H30N6O2/c1-4-38-26-15-27(29-24(16-31)18-33-36(29)19-26)23-8-9-28(32-17-23)35-12-10-21(11-13-35)30(37)34-25-7-5-6-22(14-25)20(2)3/h5-9,14-15,17-19,21H,2,4,10-13H2,1,3H3,(H,34,37). The van der Waals surface area contributed by atoms with Crippen LogP contribution in [0.2, 0.25) is 0 Å². The number of nitrogens with zero attached hydrogens (tertiary/aromatic N) is 5. The van der Waals surface area contributed by atoms with Crippen molar-refractivity contribution in [3.8, 4) is 22.9 Å². The molecule has 4 heterocycles. The molecule has 0 spiro atoms. The van der Waals surface area contributed by atoms with Crippen LogP contribution in [-0.2, 0) is 4.79 Å². The Bertz CT molecular complexity index is 1520. The van der Waals surface area contributed by atoms with E-state index in [-0.39, 0.29) is 11.8 Å². The number of anilines is 2. The van der Waals surface area contributed by atoms with Crippen LogP contribution >= 0.6 is 0 Å². The Morgan fingerprint density at radius 3 is 2.71 bits per heavy atom. The van der Waals surface area contributed by atoms with Crippen LogP contribution in [0.5, 0.6) is 5.75 Å². The van der Waals surface area contributed by atoms with Crippen LogP contribution in [0, 0.1) is 17.2 Å². The SMILES string of the molecule is C=C(C)c1cccc(NC(=O)C2CCN(c3ccc(-c4cc(OCC)cn5ncc(C#N)c45)cn3)CC2)c1. The van der Waals surface area contributed by atoms with Crippen LogP contribution in [0.1, 0.15) is 37.8 Å². The lowest BCUT2D eigenvalue weighted by Crippen LogP contribution is -2.38. The molecule has 8 heteroatoms. The lowest BCUT2D eigenvalue weighted by Gasteiger charge is -2.32. The lowest BCUT2D eigenvalue weighted by molar-refractivity contribution is -0.120. The molecule has 38 heavy (non-hydrogen) atoms. The first-order valence-electron chi connectivity index (χ1n) is 12.8. The van der Waals surface area contributed by atoms with E-state index in [1.807, 2.05) is 62.5 Å². The molecule has 1 aliphatic rings. The van der Waals surface area contributed by atoms with Gasteiger partial charge in [0.2, 0.25) is 5.91 Å². The van der Waals surface area contributed by atoms with Gasteiger partial charge in [0.25, 0.3) is 0 Å². The van der Waals surface area contributed by atoms with E-state index in [0.29, 0.717) is 17.9 Å². The van der Waals surface area contributed by atoms with Gasteiger partial charge < -0.3 is 15.0 Å². The van der Waals surface area contributed by atoms with E-state index in [9.17, 15) is 10.1 Å². The second-order valence-corrected chi connectivity index (χ2v) is 9.50. The van der Waals surface area contributed by atoms with Crippen molar-refractivity contribution in [1.29, 1.82) is 5.26 Å². The summed E-state index contributed by atoms with van der Waals surface area (Å²) in [6.07, 6.45) is 6.68. The average molecular weight is 507 g/mol. The Labute approximate surface area is 222 Å². The van der Waals surface area contributed by atoms with E-state index < -0.39 is 0 Å². The smallest absolute Gasteiger partial charge is 0.227 e. The minimum Gasteiger partial charge on any atom is -0.492 e. The molecular formula is C30H30N6O2. The van der Waals surface area contributed by atoms with Gasteiger partial charge in [-0.25, -0.2) is 9.50 Å². The fraction of sp³-hybridized carbons (Fsp3) is 0.267. The summed E-state index contributed by atoms with van der Waals surface area (Å²) in [5, 5.41) is 17.0. The molecular weight excluding hydrogens is 476 g/mol. The van der Waals surface area contributed by atoms with Crippen molar-refractivity contribution in [3.63, 3.8) is 0 Å². The highest BCUT2D eigenvalue weighted by molar-refractivity contribution is 5.93. The maximum Gasteiger partial charge on any atom is 0.227 e. The second-order valence-electron chi connectivity index (χ2n) is 9.50. The van der Waals surface area contributed by atoms with Crippen LogP contribution in [0.15, 0.2) is 67.6 Å². The Hall–Kier alpha value is -4.64. The maximum absolute atomic E-state index is 12.9. The van der Waals surface area contributed by atoms with Crippen molar-refractivity contribution >= 4 is 28.5 Å². The van der Waals surface area contributed by atoms with Gasteiger partial charge in [-0.3, -0.25) is 4.79 Å². The molecule has 1 saturated heterocycles. The number of hydrogen-bond donors (Lipinski definition) is 1. The number of allylic oxidation sites excluding steroid dienone is 1. The third-order valence-corrected chi connectivity index (χ3v) is 6.89. The van der Waals surface area contributed by atoms with E-state index in [0.717, 1.165) is 65.2 Å². The molecule has 0 atom stereocenters.